The molecule has 0 unspecified atom stereocenters. The molecule has 2 aliphatic heterocycles. The summed E-state index contributed by atoms with van der Waals surface area (Å²) in [6, 6.07) is 7.29. The van der Waals surface area contributed by atoms with Gasteiger partial charge in [0, 0.05) is 51.6 Å². The molecule has 2 saturated heterocycles. The number of rotatable bonds is 12. The van der Waals surface area contributed by atoms with Gasteiger partial charge in [0.05, 0.1) is 18.4 Å². The van der Waals surface area contributed by atoms with Gasteiger partial charge in [0.15, 0.2) is 12.3 Å². The van der Waals surface area contributed by atoms with Crippen molar-refractivity contribution in [2.75, 3.05) is 45.9 Å². The van der Waals surface area contributed by atoms with Gasteiger partial charge in [-0.05, 0) is 25.5 Å². The van der Waals surface area contributed by atoms with Crippen molar-refractivity contribution < 1.29 is 53.6 Å². The number of hydrogen-bond donors (Lipinski definition) is 4. The molecule has 248 valence electrons. The van der Waals surface area contributed by atoms with Crippen LogP contribution in [-0.4, -0.2) is 140 Å². The van der Waals surface area contributed by atoms with Gasteiger partial charge >= 0.3 is 18.0 Å². The summed E-state index contributed by atoms with van der Waals surface area (Å²) in [4.78, 5) is 78.5. The lowest BCUT2D eigenvalue weighted by molar-refractivity contribution is -0.149. The smallest absolute Gasteiger partial charge is 0.409 e. The van der Waals surface area contributed by atoms with Crippen molar-refractivity contribution in [3.05, 3.63) is 42.1 Å². The highest BCUT2D eigenvalue weighted by Crippen LogP contribution is 2.22. The number of para-hydroxylation sites is 1. The Labute approximate surface area is 263 Å². The zero-order valence-corrected chi connectivity index (χ0v) is 25.1. The Hall–Kier alpha value is -5.19. The van der Waals surface area contributed by atoms with Crippen LogP contribution in [-0.2, 0) is 23.9 Å². The zero-order valence-electron chi connectivity index (χ0n) is 25.1. The number of nitrogens with one attached hydrogen (secondary N) is 1. The number of aliphatic hydroxyl groups is 1. The Balaban J connectivity index is 1.50. The van der Waals surface area contributed by atoms with Gasteiger partial charge < -0.3 is 44.8 Å². The number of ether oxygens (including phenoxy) is 2. The van der Waals surface area contributed by atoms with Crippen molar-refractivity contribution in [2.24, 2.45) is 0 Å². The minimum Gasteiger partial charge on any atom is -0.481 e. The topological polar surface area (TPSA) is 221 Å². The van der Waals surface area contributed by atoms with Gasteiger partial charge in [-0.3, -0.25) is 19.2 Å². The number of nitrogens with zero attached hydrogens (tertiary/aromatic N) is 5. The summed E-state index contributed by atoms with van der Waals surface area (Å²) >= 11 is 0. The maximum Gasteiger partial charge on any atom is 0.409 e. The molecule has 2 aromatic rings. The van der Waals surface area contributed by atoms with Crippen molar-refractivity contribution in [1.29, 1.82) is 0 Å². The van der Waals surface area contributed by atoms with Crippen molar-refractivity contribution in [3.8, 4) is 11.6 Å². The van der Waals surface area contributed by atoms with E-state index < -0.39 is 67.0 Å². The van der Waals surface area contributed by atoms with Crippen LogP contribution in [0.2, 0.25) is 0 Å². The Morgan fingerprint density at radius 2 is 1.70 bits per heavy atom. The Morgan fingerprint density at radius 3 is 2.33 bits per heavy atom. The summed E-state index contributed by atoms with van der Waals surface area (Å²) in [6.45, 7) is 1.82. The summed E-state index contributed by atoms with van der Waals surface area (Å²) < 4.78 is 11.9. The quantitative estimate of drug-likeness (QED) is 0.231. The summed E-state index contributed by atoms with van der Waals surface area (Å²) in [7, 11) is 0. The monoisotopic (exact) mass is 644 g/mol. The predicted molar refractivity (Wildman–Crippen MR) is 156 cm³/mol. The number of aromatic nitrogens is 2. The summed E-state index contributed by atoms with van der Waals surface area (Å²) in [5.41, 5.74) is 0.258. The number of carboxylic acid groups (broad SMARTS) is 2. The second kappa shape index (κ2) is 15.2. The van der Waals surface area contributed by atoms with Crippen LogP contribution in [0.4, 0.5) is 4.79 Å². The number of carbonyl (C=O) groups excluding carboxylic acids is 4. The highest BCUT2D eigenvalue weighted by molar-refractivity contribution is 5.96. The Morgan fingerprint density at radius 1 is 1.02 bits per heavy atom. The SMILES string of the molecule is CCOC(=O)N1CCN(C(=O)[C@H](CCC(=O)O)NC(=O)c2cc(OCC(=O)N3C[C@H](O)C[C@H]3C(=O)O)n(-c3ccccc3)n2)CC1. The molecule has 0 aliphatic carbocycles. The second-order valence-electron chi connectivity index (χ2n) is 10.7. The van der Waals surface area contributed by atoms with Crippen molar-refractivity contribution >= 4 is 35.8 Å². The van der Waals surface area contributed by atoms with Crippen LogP contribution in [0, 0.1) is 0 Å². The van der Waals surface area contributed by atoms with Gasteiger partial charge in [0.25, 0.3) is 11.8 Å². The lowest BCUT2D eigenvalue weighted by atomic mass is 10.1. The first-order chi connectivity index (χ1) is 22.0. The van der Waals surface area contributed by atoms with Crippen molar-refractivity contribution in [2.45, 2.75) is 44.4 Å². The van der Waals surface area contributed by atoms with Gasteiger partial charge in [-0.2, -0.15) is 5.10 Å². The average molecular weight is 645 g/mol. The fraction of sp³-hybridized carbons (Fsp3) is 0.483. The molecule has 46 heavy (non-hydrogen) atoms. The molecule has 17 heteroatoms. The lowest BCUT2D eigenvalue weighted by Crippen LogP contribution is -2.56. The normalized spacial score (nSPS) is 18.5. The van der Waals surface area contributed by atoms with Crippen molar-refractivity contribution in [3.63, 3.8) is 0 Å². The van der Waals surface area contributed by atoms with Gasteiger partial charge in [0.1, 0.15) is 12.1 Å². The van der Waals surface area contributed by atoms with E-state index in [2.05, 4.69) is 10.4 Å². The van der Waals surface area contributed by atoms with Crippen LogP contribution in [0.25, 0.3) is 5.69 Å². The number of likely N-dealkylation sites (tertiary alicyclic amines) is 1. The van der Waals surface area contributed by atoms with Crippen LogP contribution >= 0.6 is 0 Å². The lowest BCUT2D eigenvalue weighted by Gasteiger charge is -2.35. The number of aliphatic carboxylic acids is 2. The van der Waals surface area contributed by atoms with Crippen LogP contribution in [0.1, 0.15) is 36.7 Å². The Bertz CT molecular complexity index is 1440. The molecular formula is C29H36N6O11. The predicted octanol–water partition coefficient (Wildman–Crippen LogP) is -0.439. The molecule has 3 atom stereocenters. The van der Waals surface area contributed by atoms with E-state index in [1.807, 2.05) is 0 Å². The summed E-state index contributed by atoms with van der Waals surface area (Å²) in [5, 5.41) is 35.4. The first kappa shape index (κ1) is 33.7. The first-order valence-corrected chi connectivity index (χ1v) is 14.7. The molecule has 4 rings (SSSR count). The third-order valence-electron chi connectivity index (χ3n) is 7.51. The minimum atomic E-state index is -1.26. The van der Waals surface area contributed by atoms with E-state index in [-0.39, 0.29) is 63.7 Å². The number of aliphatic hydroxyl groups excluding tert-OH is 1. The second-order valence-corrected chi connectivity index (χ2v) is 10.7. The Kier molecular flexibility index (Phi) is 11.1. The highest BCUT2D eigenvalue weighted by Gasteiger charge is 2.39. The van der Waals surface area contributed by atoms with Crippen molar-refractivity contribution in [1.82, 2.24) is 29.8 Å². The van der Waals surface area contributed by atoms with Crippen LogP contribution in [0.3, 0.4) is 0 Å². The van der Waals surface area contributed by atoms with E-state index in [0.717, 1.165) is 4.90 Å². The van der Waals surface area contributed by atoms with E-state index in [4.69, 9.17) is 9.47 Å². The number of carboxylic acids is 2. The van der Waals surface area contributed by atoms with Gasteiger partial charge in [-0.15, -0.1) is 0 Å². The maximum absolute atomic E-state index is 13.4. The first-order valence-electron chi connectivity index (χ1n) is 14.7. The molecule has 4 N–H and O–H groups in total. The van der Waals surface area contributed by atoms with E-state index >= 15 is 0 Å². The number of amides is 4. The van der Waals surface area contributed by atoms with E-state index in [1.54, 1.807) is 37.3 Å². The van der Waals surface area contributed by atoms with Crippen LogP contribution < -0.4 is 10.1 Å². The standard InChI is InChI=1S/C29H36N6O11/c1-2-45-29(44)33-12-10-32(11-13-33)27(41)20(8-9-25(38)39)30-26(40)21-15-24(35(31-21)18-6-4-3-5-7-18)46-17-23(37)34-16-19(36)14-22(34)28(42)43/h3-7,15,19-20,22,36H,2,8-14,16-17H2,1H3,(H,30,40)(H,38,39)(H,42,43)/t19-,20+,22+/m1/s1. The number of carbonyl (C=O) groups is 6. The molecule has 0 radical (unpaired) electrons. The van der Waals surface area contributed by atoms with E-state index in [1.165, 1.54) is 20.5 Å². The number of piperazine rings is 1. The molecule has 17 nitrogen and oxygen atoms in total. The molecule has 2 aliphatic rings. The molecule has 0 spiro atoms. The number of hydrogen-bond acceptors (Lipinski definition) is 10. The molecular weight excluding hydrogens is 608 g/mol. The van der Waals surface area contributed by atoms with Gasteiger partial charge in [-0.1, -0.05) is 18.2 Å². The zero-order chi connectivity index (χ0) is 33.4. The molecule has 1 aromatic carbocycles. The fourth-order valence-electron chi connectivity index (χ4n) is 5.18. The molecule has 1 aromatic heterocycles. The molecule has 4 amide bonds. The number of benzene rings is 1. The number of β-amino-alcohol motifs (C(OH)–C–C–N with tert-alkyl or cyclic N) is 1. The molecule has 0 bridgehead atoms. The van der Waals surface area contributed by atoms with Crippen LogP contribution in [0.5, 0.6) is 5.88 Å². The average Bonchev–Trinajstić information content (AvgIpc) is 3.66. The van der Waals surface area contributed by atoms with Gasteiger partial charge in [-0.25, -0.2) is 14.3 Å². The van der Waals surface area contributed by atoms with Crippen LogP contribution in [0.15, 0.2) is 36.4 Å². The highest BCUT2D eigenvalue weighted by atomic mass is 16.6. The largest absolute Gasteiger partial charge is 0.481 e. The van der Waals surface area contributed by atoms with E-state index in [9.17, 15) is 44.1 Å². The summed E-state index contributed by atoms with van der Waals surface area (Å²) in [6.07, 6.45) is -2.22. The third kappa shape index (κ3) is 8.29. The maximum atomic E-state index is 13.4. The van der Waals surface area contributed by atoms with Gasteiger partial charge in [0.2, 0.25) is 11.8 Å². The minimum absolute atomic E-state index is 0.0418. The molecule has 2 fully saturated rings. The summed E-state index contributed by atoms with van der Waals surface area (Å²) in [5.74, 6) is -4.50. The van der Waals surface area contributed by atoms with E-state index in [0.29, 0.717) is 5.69 Å². The fourth-order valence-corrected chi connectivity index (χ4v) is 5.18. The molecule has 3 heterocycles. The molecule has 0 saturated carbocycles. The third-order valence-corrected chi connectivity index (χ3v) is 7.51.